The maximum atomic E-state index is 5.75. The smallest absolute Gasteiger partial charge is 0.120 e. The number of fused-ring (bicyclic) bond motifs is 1. The molecule has 0 aliphatic carbocycles. The van der Waals surface area contributed by atoms with E-state index in [-0.39, 0.29) is 0 Å². The number of aromatic amines is 1. The summed E-state index contributed by atoms with van der Waals surface area (Å²) in [4.78, 5) is 3.17. The van der Waals surface area contributed by atoms with Gasteiger partial charge in [0.15, 0.2) is 0 Å². The van der Waals surface area contributed by atoms with Crippen molar-refractivity contribution in [3.05, 3.63) is 30.5 Å². The summed E-state index contributed by atoms with van der Waals surface area (Å²) in [6, 6.07) is 8.19. The van der Waals surface area contributed by atoms with Crippen molar-refractivity contribution in [3.63, 3.8) is 0 Å². The highest BCUT2D eigenvalue weighted by atomic mass is 16.5. The fourth-order valence-electron chi connectivity index (χ4n) is 2.30. The van der Waals surface area contributed by atoms with Gasteiger partial charge in [-0.05, 0) is 37.1 Å². The van der Waals surface area contributed by atoms with Crippen LogP contribution in [-0.2, 0) is 4.74 Å². The van der Waals surface area contributed by atoms with E-state index in [1.807, 2.05) is 12.3 Å². The zero-order chi connectivity index (χ0) is 11.5. The second-order valence-electron chi connectivity index (χ2n) is 4.50. The van der Waals surface area contributed by atoms with E-state index in [0.29, 0.717) is 6.10 Å². The lowest BCUT2D eigenvalue weighted by Gasteiger charge is -2.10. The van der Waals surface area contributed by atoms with Gasteiger partial charge in [0.2, 0.25) is 0 Å². The molecule has 1 N–H and O–H groups in total. The molecule has 1 unspecified atom stereocenters. The van der Waals surface area contributed by atoms with Crippen LogP contribution in [0, 0.1) is 0 Å². The molecule has 0 spiro atoms. The van der Waals surface area contributed by atoms with Crippen LogP contribution in [0.5, 0.6) is 5.75 Å². The molecule has 2 aromatic rings. The van der Waals surface area contributed by atoms with Crippen molar-refractivity contribution in [1.82, 2.24) is 4.98 Å². The van der Waals surface area contributed by atoms with Crippen LogP contribution in [0.3, 0.4) is 0 Å². The lowest BCUT2D eigenvalue weighted by atomic mass is 10.2. The number of hydrogen-bond donors (Lipinski definition) is 1. The molecule has 1 aromatic heterocycles. The van der Waals surface area contributed by atoms with Crippen LogP contribution in [0.1, 0.15) is 19.3 Å². The summed E-state index contributed by atoms with van der Waals surface area (Å²) < 4.78 is 11.3. The third-order valence-corrected chi connectivity index (χ3v) is 3.26. The predicted octanol–water partition coefficient (Wildman–Crippen LogP) is 3.12. The Bertz CT molecular complexity index is 486. The Labute approximate surface area is 101 Å². The van der Waals surface area contributed by atoms with Crippen LogP contribution < -0.4 is 4.74 Å². The molecular weight excluding hydrogens is 214 g/mol. The standard InChI is InChI=1S/C14H17NO2/c1-2-12(16-8-1)6-9-17-13-3-4-14-11(10-13)5-7-15-14/h3-5,7,10,12,15H,1-2,6,8-9H2. The highest BCUT2D eigenvalue weighted by Crippen LogP contribution is 2.21. The summed E-state index contributed by atoms with van der Waals surface area (Å²) in [6.07, 6.45) is 5.72. The molecule has 90 valence electrons. The van der Waals surface area contributed by atoms with Crippen molar-refractivity contribution in [2.45, 2.75) is 25.4 Å². The number of H-pyrrole nitrogens is 1. The SMILES string of the molecule is c1cc2cc(OCCC3CCCO3)ccc2[nH]1. The van der Waals surface area contributed by atoms with Gasteiger partial charge >= 0.3 is 0 Å². The van der Waals surface area contributed by atoms with E-state index in [1.165, 1.54) is 18.2 Å². The monoisotopic (exact) mass is 231 g/mol. The lowest BCUT2D eigenvalue weighted by molar-refractivity contribution is 0.0904. The van der Waals surface area contributed by atoms with E-state index in [2.05, 4.69) is 23.2 Å². The Balaban J connectivity index is 1.56. The number of benzene rings is 1. The highest BCUT2D eigenvalue weighted by molar-refractivity contribution is 5.80. The van der Waals surface area contributed by atoms with Gasteiger partial charge in [0, 0.05) is 30.1 Å². The molecule has 0 radical (unpaired) electrons. The number of aromatic nitrogens is 1. The molecule has 0 bridgehead atoms. The third kappa shape index (κ3) is 2.44. The van der Waals surface area contributed by atoms with Gasteiger partial charge in [-0.3, -0.25) is 0 Å². The maximum Gasteiger partial charge on any atom is 0.120 e. The third-order valence-electron chi connectivity index (χ3n) is 3.26. The van der Waals surface area contributed by atoms with Crippen molar-refractivity contribution in [3.8, 4) is 5.75 Å². The Hall–Kier alpha value is -1.48. The van der Waals surface area contributed by atoms with Crippen LogP contribution in [0.25, 0.3) is 10.9 Å². The Morgan fingerprint density at radius 2 is 2.35 bits per heavy atom. The van der Waals surface area contributed by atoms with E-state index in [9.17, 15) is 0 Å². The van der Waals surface area contributed by atoms with Gasteiger partial charge < -0.3 is 14.5 Å². The lowest BCUT2D eigenvalue weighted by Crippen LogP contribution is -2.10. The van der Waals surface area contributed by atoms with E-state index < -0.39 is 0 Å². The molecule has 2 heterocycles. The molecule has 1 saturated heterocycles. The fraction of sp³-hybridized carbons (Fsp3) is 0.429. The first kappa shape index (κ1) is 10.7. The van der Waals surface area contributed by atoms with Crippen molar-refractivity contribution < 1.29 is 9.47 Å². The first-order valence-electron chi connectivity index (χ1n) is 6.23. The van der Waals surface area contributed by atoms with Crippen LogP contribution in [0.2, 0.25) is 0 Å². The molecule has 3 nitrogen and oxygen atoms in total. The fourth-order valence-corrected chi connectivity index (χ4v) is 2.30. The Kier molecular flexibility index (Phi) is 3.01. The number of nitrogens with one attached hydrogen (secondary N) is 1. The molecule has 0 amide bonds. The zero-order valence-electron chi connectivity index (χ0n) is 9.82. The van der Waals surface area contributed by atoms with E-state index >= 15 is 0 Å². The van der Waals surface area contributed by atoms with Gasteiger partial charge in [-0.1, -0.05) is 0 Å². The molecule has 0 saturated carbocycles. The predicted molar refractivity (Wildman–Crippen MR) is 67.4 cm³/mol. The van der Waals surface area contributed by atoms with Crippen LogP contribution >= 0.6 is 0 Å². The molecule has 3 rings (SSSR count). The number of ether oxygens (including phenoxy) is 2. The van der Waals surface area contributed by atoms with Gasteiger partial charge in [0.25, 0.3) is 0 Å². The second kappa shape index (κ2) is 4.80. The Morgan fingerprint density at radius 1 is 1.35 bits per heavy atom. The van der Waals surface area contributed by atoms with E-state index in [1.54, 1.807) is 0 Å². The van der Waals surface area contributed by atoms with Crippen LogP contribution in [0.4, 0.5) is 0 Å². The highest BCUT2D eigenvalue weighted by Gasteiger charge is 2.14. The molecule has 17 heavy (non-hydrogen) atoms. The van der Waals surface area contributed by atoms with Crippen LogP contribution in [0.15, 0.2) is 30.5 Å². The quantitative estimate of drug-likeness (QED) is 0.877. The van der Waals surface area contributed by atoms with Crippen molar-refractivity contribution in [2.75, 3.05) is 13.2 Å². The van der Waals surface area contributed by atoms with Gasteiger partial charge in [-0.25, -0.2) is 0 Å². The summed E-state index contributed by atoms with van der Waals surface area (Å²) in [5.41, 5.74) is 1.15. The molecule has 1 aromatic carbocycles. The largest absolute Gasteiger partial charge is 0.493 e. The van der Waals surface area contributed by atoms with Crippen molar-refractivity contribution in [2.24, 2.45) is 0 Å². The molecular formula is C14H17NO2. The Morgan fingerprint density at radius 3 is 3.24 bits per heavy atom. The van der Waals surface area contributed by atoms with Gasteiger partial charge in [0.05, 0.1) is 12.7 Å². The molecule has 1 aliphatic heterocycles. The normalized spacial score (nSPS) is 19.9. The van der Waals surface area contributed by atoms with Crippen LogP contribution in [-0.4, -0.2) is 24.3 Å². The average Bonchev–Trinajstić information content (AvgIpc) is 2.98. The number of rotatable bonds is 4. The maximum absolute atomic E-state index is 5.75. The summed E-state index contributed by atoms with van der Waals surface area (Å²) in [5, 5.41) is 1.19. The van der Waals surface area contributed by atoms with Crippen molar-refractivity contribution >= 4 is 10.9 Å². The van der Waals surface area contributed by atoms with Crippen molar-refractivity contribution in [1.29, 1.82) is 0 Å². The molecule has 1 atom stereocenters. The van der Waals surface area contributed by atoms with Gasteiger partial charge in [0.1, 0.15) is 5.75 Å². The molecule has 3 heteroatoms. The summed E-state index contributed by atoms with van der Waals surface area (Å²) in [7, 11) is 0. The summed E-state index contributed by atoms with van der Waals surface area (Å²) in [6.45, 7) is 1.65. The molecule has 1 aliphatic rings. The summed E-state index contributed by atoms with van der Waals surface area (Å²) in [5.74, 6) is 0.940. The minimum absolute atomic E-state index is 0.408. The summed E-state index contributed by atoms with van der Waals surface area (Å²) >= 11 is 0. The first-order chi connectivity index (χ1) is 8.42. The number of hydrogen-bond acceptors (Lipinski definition) is 2. The molecule has 1 fully saturated rings. The minimum Gasteiger partial charge on any atom is -0.493 e. The average molecular weight is 231 g/mol. The second-order valence-corrected chi connectivity index (χ2v) is 4.50. The minimum atomic E-state index is 0.408. The van der Waals surface area contributed by atoms with Gasteiger partial charge in [-0.2, -0.15) is 0 Å². The first-order valence-corrected chi connectivity index (χ1v) is 6.23. The van der Waals surface area contributed by atoms with Gasteiger partial charge in [-0.15, -0.1) is 0 Å². The topological polar surface area (TPSA) is 34.2 Å². The zero-order valence-corrected chi connectivity index (χ0v) is 9.82. The van der Waals surface area contributed by atoms with E-state index in [0.717, 1.165) is 30.9 Å². The van der Waals surface area contributed by atoms with E-state index in [4.69, 9.17) is 9.47 Å².